The number of hydrogen-bond acceptors (Lipinski definition) is 15. The second-order valence-electron chi connectivity index (χ2n) is 26.9. The number of nitrogens with two attached hydrogens (primary N) is 1. The van der Waals surface area contributed by atoms with Gasteiger partial charge in [0.05, 0.1) is 36.6 Å². The third kappa shape index (κ3) is 20.8. The molecular formula is C70H103N11O16. The van der Waals surface area contributed by atoms with Crippen molar-refractivity contribution in [2.45, 2.75) is 206 Å². The van der Waals surface area contributed by atoms with Gasteiger partial charge in [-0.1, -0.05) is 111 Å². The molecule has 1 aliphatic carbocycles. The number of nitrogens with zero attached hydrogens (tertiary/aromatic N) is 4. The highest BCUT2D eigenvalue weighted by Crippen LogP contribution is 2.47. The third-order valence-electron chi connectivity index (χ3n) is 19.6. The van der Waals surface area contributed by atoms with Gasteiger partial charge in [-0.3, -0.25) is 53.0 Å². The fourth-order valence-corrected chi connectivity index (χ4v) is 14.0. The van der Waals surface area contributed by atoms with E-state index in [1.807, 2.05) is 40.7 Å². The Bertz CT molecular complexity index is 3090. The lowest BCUT2D eigenvalue weighted by molar-refractivity contribution is -0.148. The van der Waals surface area contributed by atoms with Gasteiger partial charge in [-0.15, -0.1) is 0 Å². The highest BCUT2D eigenvalue weighted by Gasteiger charge is 2.57. The van der Waals surface area contributed by atoms with E-state index in [0.717, 1.165) is 10.5 Å². The smallest absolute Gasteiger partial charge is 0.411 e. The van der Waals surface area contributed by atoms with Gasteiger partial charge in [0.2, 0.25) is 41.4 Å². The second-order valence-corrected chi connectivity index (χ2v) is 26.9. The van der Waals surface area contributed by atoms with E-state index in [1.165, 1.54) is 31.3 Å². The Morgan fingerprint density at radius 1 is 0.742 bits per heavy atom. The first-order valence-electron chi connectivity index (χ1n) is 34.1. The lowest BCUT2D eigenvalue weighted by Gasteiger charge is -2.41. The zero-order valence-corrected chi connectivity index (χ0v) is 58.0. The fraction of sp³-hybridized carbons (Fsp3) is 0.629. The standard InChI is InChI=1S/C70H103N11O16/c1-12-42(6)60(53(95-10)38-57(85)79-36-20-24-52(79)62(96-11)44(8)63(86)75-50(68(91)92)37-45-21-15-13-16-22-45)78(9)67(90)59(41(4)5)77-66(89)61-48-30-31-51(43(48)7)81(61)70(94)97-39-46-26-28-47(29-27-46)73-64(87)49(23-19-34-72-69(71)93)74-65(88)58(40(2)3)76-54(82)25-17-14-18-35-80-55(83)32-33-56(80)84/h13,15-16,21-22,26-29,32-33,40-44,48-53,58-62H,12,14,17-20,23-25,30-31,34-39H2,1-11H3,(H,73,87)(H,74,88)(H,75,86)(H,76,82)(H,77,89)(H,91,92)(H3,71,72,93)/t42-,43-,44+,48-,49-,50-,51-,52-,53+,58-,59-,60-,61-,62+/m0/s1. The van der Waals surface area contributed by atoms with Gasteiger partial charge < -0.3 is 66.8 Å². The molecule has 6 rings (SSSR count). The summed E-state index contributed by atoms with van der Waals surface area (Å²) in [5.41, 5.74) is 6.90. The predicted molar refractivity (Wildman–Crippen MR) is 359 cm³/mol. The summed E-state index contributed by atoms with van der Waals surface area (Å²) in [7, 11) is 4.59. The Morgan fingerprint density at radius 3 is 2.01 bits per heavy atom. The molecule has 1 saturated carbocycles. The Morgan fingerprint density at radius 2 is 1.40 bits per heavy atom. The van der Waals surface area contributed by atoms with Crippen LogP contribution in [0.25, 0.3) is 0 Å². The van der Waals surface area contributed by atoms with Crippen LogP contribution in [0, 0.1) is 35.5 Å². The fourth-order valence-electron chi connectivity index (χ4n) is 14.0. The van der Waals surface area contributed by atoms with Crippen molar-refractivity contribution in [2.24, 2.45) is 41.2 Å². The number of carbonyl (C=O) groups is 12. The van der Waals surface area contributed by atoms with Gasteiger partial charge in [-0.2, -0.15) is 0 Å². The number of unbranched alkanes of at least 4 members (excludes halogenated alkanes) is 2. The highest BCUT2D eigenvalue weighted by atomic mass is 16.6. The number of methoxy groups -OCH3 is 2. The number of fused-ring (bicyclic) bond motifs is 2. The normalized spacial score (nSPS) is 20.8. The molecule has 9 N–H and O–H groups in total. The molecule has 2 aromatic rings. The molecule has 27 nitrogen and oxygen atoms in total. The lowest BCUT2D eigenvalue weighted by atomic mass is 9.89. The molecule has 2 bridgehead atoms. The zero-order chi connectivity index (χ0) is 71.4. The zero-order valence-electron chi connectivity index (χ0n) is 58.0. The van der Waals surface area contributed by atoms with Crippen molar-refractivity contribution in [1.29, 1.82) is 0 Å². The number of carbonyl (C=O) groups excluding carboxylic acids is 11. The van der Waals surface area contributed by atoms with E-state index >= 15 is 0 Å². The van der Waals surface area contributed by atoms with E-state index in [1.54, 1.807) is 86.1 Å². The molecule has 4 aliphatic rings. The van der Waals surface area contributed by atoms with Crippen LogP contribution < -0.4 is 37.6 Å². The third-order valence-corrected chi connectivity index (χ3v) is 19.6. The number of likely N-dealkylation sites (N-methyl/N-ethyl adjacent to an activating group) is 1. The van der Waals surface area contributed by atoms with Gasteiger partial charge in [-0.05, 0) is 104 Å². The van der Waals surface area contributed by atoms with E-state index < -0.39 is 114 Å². The van der Waals surface area contributed by atoms with Crippen LogP contribution in [-0.4, -0.2) is 197 Å². The summed E-state index contributed by atoms with van der Waals surface area (Å²) >= 11 is 0. The molecule has 534 valence electrons. The summed E-state index contributed by atoms with van der Waals surface area (Å²) in [6, 6.07) is 7.93. The number of carboxylic acids is 1. The van der Waals surface area contributed by atoms with Gasteiger partial charge in [0.25, 0.3) is 11.8 Å². The number of anilines is 1. The van der Waals surface area contributed by atoms with Crippen LogP contribution in [0.2, 0.25) is 0 Å². The SMILES string of the molecule is CC[C@H](C)[C@@H]([C@@H](CC(=O)N1CCC[C@H]1[C@H](OC)[C@@H](C)C(=O)N[C@@H](Cc1ccccc1)C(=O)O)OC)N(C)C(=O)[C@@H](NC(=O)[C@@H]1[C@H]2CC[C@@H]([C@H]2C)N1C(=O)OCc1ccc(NC(=O)[C@H](CCCNC(N)=O)NC(=O)[C@@H](NC(=O)CCCCCN2C(=O)C=CC2=O)C(C)C)cc1)C(C)C. The second kappa shape index (κ2) is 36.8. The summed E-state index contributed by atoms with van der Waals surface area (Å²) < 4.78 is 18.0. The minimum Gasteiger partial charge on any atom is -0.480 e. The van der Waals surface area contributed by atoms with E-state index in [2.05, 4.69) is 31.9 Å². The number of nitrogens with one attached hydrogen (secondary N) is 6. The summed E-state index contributed by atoms with van der Waals surface area (Å²) in [5.74, 6) is -7.31. The molecule has 3 heterocycles. The number of ether oxygens (including phenoxy) is 3. The first-order valence-corrected chi connectivity index (χ1v) is 34.1. The van der Waals surface area contributed by atoms with Crippen LogP contribution in [0.4, 0.5) is 15.3 Å². The number of hydrogen-bond donors (Lipinski definition) is 8. The topological polar surface area (TPSA) is 364 Å². The van der Waals surface area contributed by atoms with Crippen LogP contribution >= 0.6 is 0 Å². The number of rotatable bonds is 37. The van der Waals surface area contributed by atoms with E-state index in [9.17, 15) is 62.6 Å². The van der Waals surface area contributed by atoms with Crippen molar-refractivity contribution in [3.05, 3.63) is 77.9 Å². The van der Waals surface area contributed by atoms with Crippen molar-refractivity contribution in [2.75, 3.05) is 46.2 Å². The Hall–Kier alpha value is -8.46. The van der Waals surface area contributed by atoms with Crippen LogP contribution in [0.3, 0.4) is 0 Å². The van der Waals surface area contributed by atoms with E-state index in [4.69, 9.17) is 19.9 Å². The molecule has 3 fully saturated rings. The minimum absolute atomic E-state index is 0.0576. The minimum atomic E-state index is -1.19. The number of benzene rings is 2. The number of likely N-dealkylation sites (tertiary alicyclic amines) is 2. The molecule has 0 radical (unpaired) electrons. The number of urea groups is 1. The van der Waals surface area contributed by atoms with Gasteiger partial charge >= 0.3 is 18.1 Å². The molecule has 27 heteroatoms. The number of carboxylic acid groups (broad SMARTS) is 1. The maximum atomic E-state index is 15.0. The molecule has 0 unspecified atom stereocenters. The summed E-state index contributed by atoms with van der Waals surface area (Å²) in [6.45, 7) is 15.3. The Kier molecular flexibility index (Phi) is 29.4. The summed E-state index contributed by atoms with van der Waals surface area (Å²) in [6.07, 6.45) is 5.11. The number of primary amides is 1. The van der Waals surface area contributed by atoms with Crippen molar-refractivity contribution >= 4 is 76.9 Å². The van der Waals surface area contributed by atoms with Gasteiger partial charge in [0.1, 0.15) is 36.8 Å². The largest absolute Gasteiger partial charge is 0.480 e. The van der Waals surface area contributed by atoms with Crippen molar-refractivity contribution in [3.63, 3.8) is 0 Å². The number of aliphatic carboxylic acids is 1. The molecule has 14 atom stereocenters. The molecule has 0 aromatic heterocycles. The van der Waals surface area contributed by atoms with Crippen LogP contribution in [0.5, 0.6) is 0 Å². The first-order chi connectivity index (χ1) is 46.1. The number of imide groups is 1. The van der Waals surface area contributed by atoms with Crippen molar-refractivity contribution in [3.8, 4) is 0 Å². The first kappa shape index (κ1) is 77.5. The Labute approximate surface area is 569 Å². The average Bonchev–Trinajstić information content (AvgIpc) is 1.60. The molecule has 2 aromatic carbocycles. The van der Waals surface area contributed by atoms with Crippen LogP contribution in [-0.2, 0) is 75.2 Å². The number of amides is 12. The molecule has 12 amide bonds. The van der Waals surface area contributed by atoms with Gasteiger partial charge in [0.15, 0.2) is 0 Å². The van der Waals surface area contributed by atoms with Crippen LogP contribution in [0.1, 0.15) is 144 Å². The molecule has 3 aliphatic heterocycles. The van der Waals surface area contributed by atoms with Gasteiger partial charge in [-0.25, -0.2) is 14.4 Å². The van der Waals surface area contributed by atoms with Gasteiger partial charge in [0, 0.05) is 77.6 Å². The quantitative estimate of drug-likeness (QED) is 0.0333. The molecular weight excluding hydrogens is 1250 g/mol. The van der Waals surface area contributed by atoms with Crippen LogP contribution in [0.15, 0.2) is 66.7 Å². The summed E-state index contributed by atoms with van der Waals surface area (Å²) in [5, 5.41) is 26.6. The maximum absolute atomic E-state index is 15.0. The maximum Gasteiger partial charge on any atom is 0.411 e. The molecule has 0 spiro atoms. The lowest BCUT2D eigenvalue weighted by Crippen LogP contribution is -2.60. The monoisotopic (exact) mass is 1350 g/mol. The predicted octanol–water partition coefficient (Wildman–Crippen LogP) is 4.79. The average molecular weight is 1350 g/mol. The number of piperidine rings is 1. The molecule has 2 saturated heterocycles. The van der Waals surface area contributed by atoms with Crippen molar-refractivity contribution < 1.29 is 76.9 Å². The highest BCUT2D eigenvalue weighted by molar-refractivity contribution is 6.12. The Balaban J connectivity index is 1.06. The summed E-state index contributed by atoms with van der Waals surface area (Å²) in [4.78, 5) is 166. The molecule has 97 heavy (non-hydrogen) atoms. The van der Waals surface area contributed by atoms with E-state index in [0.29, 0.717) is 69.2 Å². The van der Waals surface area contributed by atoms with Crippen molar-refractivity contribution in [1.82, 2.24) is 46.2 Å². The van der Waals surface area contributed by atoms with E-state index in [-0.39, 0.29) is 105 Å².